The molecular weight excluding hydrogens is 601 g/mol. The Labute approximate surface area is 242 Å². The topological polar surface area (TPSA) is 134 Å². The Kier molecular flexibility index (Phi) is 9.30. The van der Waals surface area contributed by atoms with Crippen LogP contribution < -0.4 is 19.7 Å². The number of alkyl halides is 3. The highest BCUT2D eigenvalue weighted by molar-refractivity contribution is 7.92. The Hall–Kier alpha value is -4.57. The Morgan fingerprint density at radius 1 is 1.07 bits per heavy atom. The molecule has 0 atom stereocenters. The van der Waals surface area contributed by atoms with Gasteiger partial charge in [0.15, 0.2) is 0 Å². The molecule has 2 aromatic heterocycles. The highest BCUT2D eigenvalue weighted by Crippen LogP contribution is 2.32. The van der Waals surface area contributed by atoms with Gasteiger partial charge in [0.05, 0.1) is 24.0 Å². The van der Waals surface area contributed by atoms with Gasteiger partial charge in [0.2, 0.25) is 5.88 Å². The minimum atomic E-state index is -5.08. The first-order valence-electron chi connectivity index (χ1n) is 12.5. The molecule has 3 heterocycles. The van der Waals surface area contributed by atoms with Crippen LogP contribution in [0.15, 0.2) is 65.7 Å². The van der Waals surface area contributed by atoms with Gasteiger partial charge in [0, 0.05) is 49.4 Å². The van der Waals surface area contributed by atoms with Crippen molar-refractivity contribution in [1.82, 2.24) is 15.3 Å². The number of carboxylic acids is 1. The van der Waals surface area contributed by atoms with Crippen molar-refractivity contribution in [3.63, 3.8) is 0 Å². The molecular formula is C27H24F5N5O5S. The quantitative estimate of drug-likeness (QED) is 0.266. The Balaban J connectivity index is 0.000000541. The van der Waals surface area contributed by atoms with E-state index in [1.165, 1.54) is 19.4 Å². The van der Waals surface area contributed by atoms with Crippen LogP contribution in [0.25, 0.3) is 22.2 Å². The van der Waals surface area contributed by atoms with Gasteiger partial charge in [-0.1, -0.05) is 18.2 Å². The number of nitrogens with one attached hydrogen (secondary N) is 2. The molecule has 0 unspecified atom stereocenters. The Morgan fingerprint density at radius 2 is 1.77 bits per heavy atom. The van der Waals surface area contributed by atoms with E-state index in [4.69, 9.17) is 19.6 Å². The molecule has 1 saturated heterocycles. The molecule has 10 nitrogen and oxygen atoms in total. The third kappa shape index (κ3) is 7.45. The van der Waals surface area contributed by atoms with Gasteiger partial charge >= 0.3 is 12.1 Å². The molecule has 0 saturated carbocycles. The number of halogens is 5. The first-order chi connectivity index (χ1) is 20.3. The van der Waals surface area contributed by atoms with Gasteiger partial charge in [-0.05, 0) is 30.3 Å². The van der Waals surface area contributed by atoms with Gasteiger partial charge in [0.1, 0.15) is 22.2 Å². The lowest BCUT2D eigenvalue weighted by Gasteiger charge is -2.30. The molecule has 0 radical (unpaired) electrons. The maximum absolute atomic E-state index is 14.2. The Bertz CT molecular complexity index is 1750. The minimum absolute atomic E-state index is 0.00369. The lowest BCUT2D eigenvalue weighted by Crippen LogP contribution is -2.43. The fourth-order valence-corrected chi connectivity index (χ4v) is 5.28. The van der Waals surface area contributed by atoms with E-state index in [1.54, 1.807) is 0 Å². The number of carbonyl (C=O) groups is 1. The number of carboxylic acid groups (broad SMARTS) is 1. The number of ether oxygens (including phenoxy) is 1. The van der Waals surface area contributed by atoms with Crippen molar-refractivity contribution in [2.75, 3.05) is 42.9 Å². The van der Waals surface area contributed by atoms with Crippen molar-refractivity contribution >= 4 is 38.3 Å². The molecule has 16 heteroatoms. The molecule has 1 aliphatic rings. The molecule has 228 valence electrons. The average molecular weight is 626 g/mol. The maximum Gasteiger partial charge on any atom is 0.490 e. The molecule has 43 heavy (non-hydrogen) atoms. The third-order valence-electron chi connectivity index (χ3n) is 6.17. The van der Waals surface area contributed by atoms with Crippen molar-refractivity contribution in [2.24, 2.45) is 0 Å². The zero-order chi connectivity index (χ0) is 31.4. The number of hydrogen-bond donors (Lipinski definition) is 3. The fourth-order valence-electron chi connectivity index (χ4n) is 4.17. The number of nitrogens with zero attached hydrogens (tertiary/aromatic N) is 3. The molecule has 1 aliphatic heterocycles. The second kappa shape index (κ2) is 12.7. The number of anilines is 2. The van der Waals surface area contributed by atoms with Crippen LogP contribution >= 0.6 is 0 Å². The summed E-state index contributed by atoms with van der Waals surface area (Å²) in [5, 5.41) is 11.4. The predicted molar refractivity (Wildman–Crippen MR) is 147 cm³/mol. The van der Waals surface area contributed by atoms with Gasteiger partial charge in [0.25, 0.3) is 10.0 Å². The maximum atomic E-state index is 14.2. The van der Waals surface area contributed by atoms with Gasteiger partial charge in [-0.3, -0.25) is 4.72 Å². The lowest BCUT2D eigenvalue weighted by atomic mass is 10.1. The second-order valence-electron chi connectivity index (χ2n) is 9.05. The van der Waals surface area contributed by atoms with E-state index in [0.29, 0.717) is 17.3 Å². The Morgan fingerprint density at radius 3 is 2.40 bits per heavy atom. The first-order valence-corrected chi connectivity index (χ1v) is 14.0. The predicted octanol–water partition coefficient (Wildman–Crippen LogP) is 4.43. The zero-order valence-corrected chi connectivity index (χ0v) is 23.1. The standard InChI is InChI=1S/C25H23F2N5O3S.C2HF3O2/c1-35-25-21(31-36(33,34)23-8-6-18(26)14-19(23)27)13-17(15-29-25)20-7-5-16-3-2-4-22(24(16)30-20)32-11-9-28-10-12-32;3-2(4,5)1(6)7/h2-8,13-15,28,31H,9-12H2,1H3;(H,6,7). The SMILES string of the molecule is COc1ncc(-c2ccc3cccc(N4CCNCC4)c3n2)cc1NS(=O)(=O)c1ccc(F)cc1F.O=C(O)C(F)(F)F. The van der Waals surface area contributed by atoms with Crippen molar-refractivity contribution < 1.29 is 45.0 Å². The van der Waals surface area contributed by atoms with E-state index >= 15 is 0 Å². The van der Waals surface area contributed by atoms with Crippen LogP contribution in [-0.2, 0) is 14.8 Å². The molecule has 2 aromatic carbocycles. The molecule has 5 rings (SSSR count). The number of sulfonamides is 1. The summed E-state index contributed by atoms with van der Waals surface area (Å²) in [7, 11) is -3.05. The number of aromatic nitrogens is 2. The number of fused-ring (bicyclic) bond motifs is 1. The summed E-state index contributed by atoms with van der Waals surface area (Å²) in [5.41, 5.74) is 2.95. The van der Waals surface area contributed by atoms with Crippen molar-refractivity contribution in [1.29, 1.82) is 0 Å². The minimum Gasteiger partial charge on any atom is -0.480 e. The highest BCUT2D eigenvalue weighted by Gasteiger charge is 2.38. The third-order valence-corrected chi connectivity index (χ3v) is 7.57. The number of pyridine rings is 2. The molecule has 3 N–H and O–H groups in total. The van der Waals surface area contributed by atoms with E-state index < -0.39 is 38.7 Å². The first kappa shape index (κ1) is 31.4. The van der Waals surface area contributed by atoms with Gasteiger partial charge in [-0.2, -0.15) is 13.2 Å². The highest BCUT2D eigenvalue weighted by atomic mass is 32.2. The van der Waals surface area contributed by atoms with E-state index in [2.05, 4.69) is 19.9 Å². The fraction of sp³-hybridized carbons (Fsp3) is 0.222. The average Bonchev–Trinajstić information content (AvgIpc) is 2.96. The van der Waals surface area contributed by atoms with E-state index in [0.717, 1.165) is 54.9 Å². The number of para-hydroxylation sites is 1. The lowest BCUT2D eigenvalue weighted by molar-refractivity contribution is -0.192. The van der Waals surface area contributed by atoms with Crippen molar-refractivity contribution in [3.05, 3.63) is 72.4 Å². The van der Waals surface area contributed by atoms with E-state index in [9.17, 15) is 30.4 Å². The molecule has 4 aromatic rings. The monoisotopic (exact) mass is 625 g/mol. The summed E-state index contributed by atoms with van der Waals surface area (Å²) in [5.74, 6) is -4.85. The van der Waals surface area contributed by atoms with Crippen LogP contribution in [0.5, 0.6) is 5.88 Å². The van der Waals surface area contributed by atoms with Gasteiger partial charge in [-0.25, -0.2) is 32.0 Å². The molecule has 0 amide bonds. The summed E-state index contributed by atoms with van der Waals surface area (Å²) in [4.78, 5) is 19.6. The smallest absolute Gasteiger partial charge is 0.480 e. The van der Waals surface area contributed by atoms with Crippen LogP contribution in [0.4, 0.5) is 33.3 Å². The van der Waals surface area contributed by atoms with Crippen LogP contribution in [0, 0.1) is 11.6 Å². The molecule has 1 fully saturated rings. The summed E-state index contributed by atoms with van der Waals surface area (Å²) < 4.78 is 92.4. The number of benzene rings is 2. The zero-order valence-electron chi connectivity index (χ0n) is 22.3. The largest absolute Gasteiger partial charge is 0.490 e. The van der Waals surface area contributed by atoms with Crippen LogP contribution in [-0.4, -0.2) is 68.9 Å². The molecule has 0 spiro atoms. The number of aliphatic carboxylic acids is 1. The van der Waals surface area contributed by atoms with Crippen LogP contribution in [0.2, 0.25) is 0 Å². The summed E-state index contributed by atoms with van der Waals surface area (Å²) in [6.07, 6.45) is -3.56. The van der Waals surface area contributed by atoms with Crippen LogP contribution in [0.3, 0.4) is 0 Å². The van der Waals surface area contributed by atoms with Gasteiger partial charge < -0.3 is 20.1 Å². The number of hydrogen-bond acceptors (Lipinski definition) is 8. The van der Waals surface area contributed by atoms with Gasteiger partial charge in [-0.15, -0.1) is 0 Å². The summed E-state index contributed by atoms with van der Waals surface area (Å²) in [6.45, 7) is 3.50. The van der Waals surface area contributed by atoms with Crippen molar-refractivity contribution in [2.45, 2.75) is 11.1 Å². The summed E-state index contributed by atoms with van der Waals surface area (Å²) in [6, 6.07) is 13.6. The van der Waals surface area contributed by atoms with Crippen molar-refractivity contribution in [3.8, 4) is 17.1 Å². The second-order valence-corrected chi connectivity index (χ2v) is 10.7. The molecule has 0 aliphatic carbocycles. The number of piperazine rings is 1. The number of methoxy groups -OCH3 is 1. The number of rotatable bonds is 6. The molecule has 0 bridgehead atoms. The normalized spacial score (nSPS) is 13.7. The summed E-state index contributed by atoms with van der Waals surface area (Å²) >= 11 is 0. The van der Waals surface area contributed by atoms with E-state index in [-0.39, 0.29) is 11.6 Å². The van der Waals surface area contributed by atoms with E-state index in [1.807, 2.05) is 30.3 Å². The van der Waals surface area contributed by atoms with Crippen LogP contribution in [0.1, 0.15) is 0 Å².